The summed E-state index contributed by atoms with van der Waals surface area (Å²) in [6.45, 7) is 1.71. The number of aromatic nitrogens is 2. The summed E-state index contributed by atoms with van der Waals surface area (Å²) in [5.74, 6) is 0.682. The average Bonchev–Trinajstić information content (AvgIpc) is 3.39. The van der Waals surface area contributed by atoms with Gasteiger partial charge in [0.25, 0.3) is 0 Å². The Morgan fingerprint density at radius 1 is 1.33 bits per heavy atom. The predicted molar refractivity (Wildman–Crippen MR) is 90.3 cm³/mol. The Bertz CT molecular complexity index is 695. The third kappa shape index (κ3) is 2.91. The fourth-order valence-corrected chi connectivity index (χ4v) is 5.79. The van der Waals surface area contributed by atoms with Crippen molar-refractivity contribution in [1.82, 2.24) is 14.3 Å². The van der Waals surface area contributed by atoms with Gasteiger partial charge in [0.05, 0.1) is 23.5 Å². The van der Waals surface area contributed by atoms with Gasteiger partial charge in [-0.15, -0.1) is 0 Å². The zero-order chi connectivity index (χ0) is 16.8. The number of hydrogen-bond acceptors (Lipinski definition) is 6. The van der Waals surface area contributed by atoms with Gasteiger partial charge >= 0.3 is 0 Å². The van der Waals surface area contributed by atoms with Crippen LogP contribution in [0.25, 0.3) is 0 Å². The summed E-state index contributed by atoms with van der Waals surface area (Å²) in [5.41, 5.74) is -0.353. The van der Waals surface area contributed by atoms with Crippen LogP contribution in [0, 0.1) is 0 Å². The molecular formula is C16H24N4O3S. The quantitative estimate of drug-likeness (QED) is 0.806. The van der Waals surface area contributed by atoms with E-state index in [-0.39, 0.29) is 16.9 Å². The molecule has 1 aliphatic carbocycles. The maximum atomic E-state index is 12.6. The fourth-order valence-electron chi connectivity index (χ4n) is 3.84. The lowest BCUT2D eigenvalue weighted by Crippen LogP contribution is -2.51. The standard InChI is InChI=1S/C16H24N4O3S/c1-19(15-17-7-3-8-18-15)13-10-16(23-11-13)6-2-9-20(12-16)24(21,22)14-4-5-14/h3,7-8,13-14H,2,4-6,9-12H2,1H3. The van der Waals surface area contributed by atoms with Crippen molar-refractivity contribution in [3.63, 3.8) is 0 Å². The Morgan fingerprint density at radius 3 is 2.79 bits per heavy atom. The Hall–Kier alpha value is -1.25. The molecule has 0 amide bonds. The van der Waals surface area contributed by atoms with Gasteiger partial charge in [0.2, 0.25) is 16.0 Å². The van der Waals surface area contributed by atoms with E-state index in [1.165, 1.54) is 0 Å². The van der Waals surface area contributed by atoms with Crippen molar-refractivity contribution >= 4 is 16.0 Å². The van der Waals surface area contributed by atoms with Gasteiger partial charge in [-0.25, -0.2) is 18.4 Å². The van der Waals surface area contributed by atoms with Crippen LogP contribution in [-0.2, 0) is 14.8 Å². The second kappa shape index (κ2) is 5.93. The first kappa shape index (κ1) is 16.2. The highest BCUT2D eigenvalue weighted by Crippen LogP contribution is 2.40. The number of ether oxygens (including phenoxy) is 1. The van der Waals surface area contributed by atoms with E-state index >= 15 is 0 Å². The number of hydrogen-bond donors (Lipinski definition) is 0. The van der Waals surface area contributed by atoms with Crippen LogP contribution in [0.3, 0.4) is 0 Å². The zero-order valence-corrected chi connectivity index (χ0v) is 14.8. The summed E-state index contributed by atoms with van der Waals surface area (Å²) in [5, 5.41) is -0.148. The highest BCUT2D eigenvalue weighted by molar-refractivity contribution is 7.90. The van der Waals surface area contributed by atoms with Crippen LogP contribution < -0.4 is 4.90 Å². The molecule has 1 aromatic rings. The number of nitrogens with zero attached hydrogens (tertiary/aromatic N) is 4. The summed E-state index contributed by atoms with van der Waals surface area (Å²) < 4.78 is 33.0. The van der Waals surface area contributed by atoms with Gasteiger partial charge in [-0.3, -0.25) is 0 Å². The summed E-state index contributed by atoms with van der Waals surface area (Å²) in [4.78, 5) is 10.6. The molecule has 0 aromatic carbocycles. The van der Waals surface area contributed by atoms with E-state index in [0.29, 0.717) is 25.6 Å². The molecule has 0 bridgehead atoms. The molecule has 2 saturated heterocycles. The lowest BCUT2D eigenvalue weighted by Gasteiger charge is -2.39. The number of likely N-dealkylation sites (N-methyl/N-ethyl adjacent to an activating group) is 1. The van der Waals surface area contributed by atoms with Gasteiger partial charge < -0.3 is 9.64 Å². The molecule has 3 aliphatic rings. The Labute approximate surface area is 143 Å². The normalized spacial score (nSPS) is 31.5. The van der Waals surface area contributed by atoms with Crippen molar-refractivity contribution in [2.75, 3.05) is 31.6 Å². The van der Waals surface area contributed by atoms with Crippen LogP contribution >= 0.6 is 0 Å². The summed E-state index contributed by atoms with van der Waals surface area (Å²) in [7, 11) is -1.15. The molecule has 7 nitrogen and oxygen atoms in total. The number of anilines is 1. The molecule has 24 heavy (non-hydrogen) atoms. The van der Waals surface area contributed by atoms with E-state index in [2.05, 4.69) is 9.97 Å². The summed E-state index contributed by atoms with van der Waals surface area (Å²) >= 11 is 0. The van der Waals surface area contributed by atoms with Crippen molar-refractivity contribution in [1.29, 1.82) is 0 Å². The smallest absolute Gasteiger partial charge is 0.225 e. The van der Waals surface area contributed by atoms with Crippen LogP contribution in [0.5, 0.6) is 0 Å². The minimum atomic E-state index is -3.13. The second-order valence-electron chi connectivity index (χ2n) is 7.19. The first-order valence-corrected chi connectivity index (χ1v) is 10.1. The molecule has 0 radical (unpaired) electrons. The van der Waals surface area contributed by atoms with Gasteiger partial charge in [0.15, 0.2) is 0 Å². The minimum absolute atomic E-state index is 0.148. The molecule has 2 unspecified atom stereocenters. The minimum Gasteiger partial charge on any atom is -0.371 e. The molecule has 0 N–H and O–H groups in total. The fraction of sp³-hybridized carbons (Fsp3) is 0.750. The molecule has 1 aromatic heterocycles. The van der Waals surface area contributed by atoms with Crippen LogP contribution in [0.4, 0.5) is 5.95 Å². The monoisotopic (exact) mass is 352 g/mol. The molecular weight excluding hydrogens is 328 g/mol. The summed E-state index contributed by atoms with van der Waals surface area (Å²) in [6.07, 6.45) is 7.68. The molecule has 1 spiro atoms. The van der Waals surface area contributed by atoms with Crippen molar-refractivity contribution in [2.45, 2.75) is 49.0 Å². The van der Waals surface area contributed by atoms with Crippen molar-refractivity contribution in [2.24, 2.45) is 0 Å². The molecule has 1 saturated carbocycles. The molecule has 8 heteroatoms. The van der Waals surface area contributed by atoms with Crippen LogP contribution in [-0.4, -0.2) is 66.3 Å². The lowest BCUT2D eigenvalue weighted by molar-refractivity contribution is -0.0330. The van der Waals surface area contributed by atoms with Gasteiger partial charge in [-0.2, -0.15) is 4.31 Å². The molecule has 3 fully saturated rings. The van der Waals surface area contributed by atoms with Crippen molar-refractivity contribution in [3.8, 4) is 0 Å². The van der Waals surface area contributed by atoms with Gasteiger partial charge in [-0.1, -0.05) is 0 Å². The number of sulfonamides is 1. The lowest BCUT2D eigenvalue weighted by atomic mass is 9.89. The van der Waals surface area contributed by atoms with Crippen molar-refractivity contribution in [3.05, 3.63) is 18.5 Å². The Kier molecular flexibility index (Phi) is 4.01. The Morgan fingerprint density at radius 2 is 2.08 bits per heavy atom. The molecule has 132 valence electrons. The molecule has 3 heterocycles. The van der Waals surface area contributed by atoms with Crippen LogP contribution in [0.1, 0.15) is 32.1 Å². The third-order valence-corrected chi connectivity index (χ3v) is 7.76. The third-order valence-electron chi connectivity index (χ3n) is 5.41. The summed E-state index contributed by atoms with van der Waals surface area (Å²) in [6, 6.07) is 1.97. The van der Waals surface area contributed by atoms with Crippen molar-refractivity contribution < 1.29 is 13.2 Å². The first-order chi connectivity index (χ1) is 11.5. The topological polar surface area (TPSA) is 75.6 Å². The number of rotatable bonds is 4. The van der Waals surface area contributed by atoms with Crippen LogP contribution in [0.15, 0.2) is 18.5 Å². The van der Waals surface area contributed by atoms with Gasteiger partial charge in [-0.05, 0) is 31.7 Å². The van der Waals surface area contributed by atoms with E-state index in [1.807, 2.05) is 11.9 Å². The maximum absolute atomic E-state index is 12.6. The van der Waals surface area contributed by atoms with E-state index in [4.69, 9.17) is 4.74 Å². The number of piperidine rings is 1. The maximum Gasteiger partial charge on any atom is 0.225 e. The SMILES string of the molecule is CN(c1ncccn1)C1COC2(CCCN(S(=O)(=O)C3CC3)C2)C1. The van der Waals surface area contributed by atoms with E-state index in [9.17, 15) is 8.42 Å². The largest absolute Gasteiger partial charge is 0.371 e. The van der Waals surface area contributed by atoms with Gasteiger partial charge in [0.1, 0.15) is 0 Å². The zero-order valence-electron chi connectivity index (χ0n) is 14.0. The molecule has 2 aliphatic heterocycles. The highest BCUT2D eigenvalue weighted by Gasteiger charge is 2.49. The molecule has 4 rings (SSSR count). The molecule has 2 atom stereocenters. The first-order valence-electron chi connectivity index (χ1n) is 8.63. The van der Waals surface area contributed by atoms with E-state index in [1.54, 1.807) is 22.8 Å². The Balaban J connectivity index is 1.47. The predicted octanol–water partition coefficient (Wildman–Crippen LogP) is 1.03. The van der Waals surface area contributed by atoms with E-state index in [0.717, 1.165) is 32.1 Å². The second-order valence-corrected chi connectivity index (χ2v) is 9.41. The van der Waals surface area contributed by atoms with Crippen LogP contribution in [0.2, 0.25) is 0 Å². The average molecular weight is 352 g/mol. The van der Waals surface area contributed by atoms with Gasteiger partial charge in [0, 0.05) is 39.0 Å². The highest BCUT2D eigenvalue weighted by atomic mass is 32.2. The van der Waals surface area contributed by atoms with E-state index < -0.39 is 10.0 Å².